The van der Waals surface area contributed by atoms with Gasteiger partial charge in [-0.2, -0.15) is 0 Å². The van der Waals surface area contributed by atoms with Gasteiger partial charge in [0.1, 0.15) is 18.4 Å². The van der Waals surface area contributed by atoms with Crippen LogP contribution in [0.1, 0.15) is 34.3 Å². The van der Waals surface area contributed by atoms with Crippen molar-refractivity contribution in [1.29, 1.82) is 0 Å². The first kappa shape index (κ1) is 30.8. The zero-order valence-electron chi connectivity index (χ0n) is 24.7. The van der Waals surface area contributed by atoms with Crippen molar-refractivity contribution in [3.8, 4) is 28.0 Å². The number of ether oxygens (including phenoxy) is 1. The number of amides is 2. The van der Waals surface area contributed by atoms with Gasteiger partial charge < -0.3 is 20.5 Å². The van der Waals surface area contributed by atoms with Crippen molar-refractivity contribution in [2.45, 2.75) is 32.0 Å². The van der Waals surface area contributed by atoms with Crippen LogP contribution in [0.3, 0.4) is 0 Å². The van der Waals surface area contributed by atoms with E-state index in [2.05, 4.69) is 24.3 Å². The number of benzene rings is 5. The molecule has 5 rings (SSSR count). The molecule has 0 aliphatic rings. The van der Waals surface area contributed by atoms with E-state index in [0.717, 1.165) is 39.1 Å². The Bertz CT molecular complexity index is 1740. The quantitative estimate of drug-likeness (QED) is 0.152. The predicted octanol–water partition coefficient (Wildman–Crippen LogP) is 6.96. The Morgan fingerprint density at radius 1 is 0.689 bits per heavy atom. The van der Waals surface area contributed by atoms with E-state index in [1.807, 2.05) is 97.1 Å². The van der Waals surface area contributed by atoms with E-state index in [0.29, 0.717) is 12.2 Å². The largest absolute Gasteiger partial charge is 0.489 e. The molecule has 0 saturated carbocycles. The minimum atomic E-state index is -1.21. The summed E-state index contributed by atoms with van der Waals surface area (Å²) in [5.74, 6) is -1.52. The molecule has 0 radical (unpaired) electrons. The number of carboxylic acids is 1. The maximum Gasteiger partial charge on any atom is 0.326 e. The summed E-state index contributed by atoms with van der Waals surface area (Å²) < 4.78 is 6.12. The smallest absolute Gasteiger partial charge is 0.326 e. The molecule has 3 N–H and O–H groups in total. The van der Waals surface area contributed by atoms with Gasteiger partial charge in [-0.25, -0.2) is 4.79 Å². The molecule has 0 spiro atoms. The summed E-state index contributed by atoms with van der Waals surface area (Å²) in [7, 11) is 0. The van der Waals surface area contributed by atoms with Gasteiger partial charge in [-0.05, 0) is 64.1 Å². The summed E-state index contributed by atoms with van der Waals surface area (Å²) in [6.45, 7) is 0.506. The van der Waals surface area contributed by atoms with E-state index < -0.39 is 23.8 Å². The van der Waals surface area contributed by atoms with E-state index in [1.165, 1.54) is 4.90 Å². The first-order chi connectivity index (χ1) is 21.9. The molecule has 0 aromatic heterocycles. The molecule has 1 atom stereocenters. The van der Waals surface area contributed by atoms with Crippen molar-refractivity contribution in [2.75, 3.05) is 0 Å². The highest BCUT2D eigenvalue weighted by molar-refractivity contribution is 5.97. The number of rotatable bonds is 13. The molecule has 0 bridgehead atoms. The maximum atomic E-state index is 13.7. The molecule has 226 valence electrons. The lowest BCUT2D eigenvalue weighted by molar-refractivity contribution is -0.143. The van der Waals surface area contributed by atoms with Crippen LogP contribution in [0.4, 0.5) is 0 Å². The highest BCUT2D eigenvalue weighted by Crippen LogP contribution is 2.27. The molecule has 5 aromatic rings. The van der Waals surface area contributed by atoms with Gasteiger partial charge in [0.05, 0.1) is 0 Å². The van der Waals surface area contributed by atoms with Crippen LogP contribution in [-0.4, -0.2) is 33.8 Å². The summed E-state index contributed by atoms with van der Waals surface area (Å²) in [6.07, 6.45) is -0.221. The van der Waals surface area contributed by atoms with E-state index in [4.69, 9.17) is 10.5 Å². The lowest BCUT2D eigenvalue weighted by atomic mass is 10.0. The molecule has 7 nitrogen and oxygen atoms in total. The molecule has 0 unspecified atom stereocenters. The number of primary amides is 1. The lowest BCUT2D eigenvalue weighted by Gasteiger charge is -2.29. The summed E-state index contributed by atoms with van der Waals surface area (Å²) in [4.78, 5) is 38.6. The Morgan fingerprint density at radius 3 is 1.89 bits per heavy atom. The second kappa shape index (κ2) is 14.7. The highest BCUT2D eigenvalue weighted by atomic mass is 16.5. The second-order valence-electron chi connectivity index (χ2n) is 10.7. The van der Waals surface area contributed by atoms with Crippen molar-refractivity contribution >= 4 is 17.8 Å². The fourth-order valence-electron chi connectivity index (χ4n) is 5.22. The van der Waals surface area contributed by atoms with Gasteiger partial charge in [0.2, 0.25) is 5.91 Å². The number of nitrogens with zero attached hydrogens (tertiary/aromatic N) is 1. The van der Waals surface area contributed by atoms with E-state index in [9.17, 15) is 19.5 Å². The monoisotopic (exact) mass is 598 g/mol. The number of nitrogens with two attached hydrogens (primary N) is 1. The molecular weight excluding hydrogens is 564 g/mol. The third kappa shape index (κ3) is 8.03. The van der Waals surface area contributed by atoms with Crippen molar-refractivity contribution < 1.29 is 24.2 Å². The lowest BCUT2D eigenvalue weighted by Crippen LogP contribution is -2.45. The summed E-state index contributed by atoms with van der Waals surface area (Å²) in [5.41, 5.74) is 11.6. The van der Waals surface area contributed by atoms with E-state index in [-0.39, 0.29) is 19.4 Å². The van der Waals surface area contributed by atoms with Crippen LogP contribution in [0.5, 0.6) is 5.75 Å². The van der Waals surface area contributed by atoms with Crippen LogP contribution >= 0.6 is 0 Å². The Morgan fingerprint density at radius 2 is 1.27 bits per heavy atom. The molecule has 0 aliphatic heterocycles. The van der Waals surface area contributed by atoms with Crippen molar-refractivity contribution in [3.05, 3.63) is 150 Å². The SMILES string of the molecule is NC(=O)CC[C@@H](C(=O)O)N(Cc1ccccc1)C(=O)c1ccc(-c2ccc(OCc3ccccc3-c3ccccc3)cc2)cc1. The second-order valence-corrected chi connectivity index (χ2v) is 10.7. The standard InChI is InChI=1S/C38H34N2O5/c39-36(41)24-23-35(38(43)44)40(25-27-9-3-1-4-10-27)37(42)31-17-15-28(16-18-31)29-19-21-33(22-20-29)45-26-32-13-7-8-14-34(32)30-11-5-2-6-12-30/h1-22,35H,23-26H2,(H2,39,41)(H,43,44)/t35-/m0/s1. The Hall–Kier alpha value is -5.69. The van der Waals surface area contributed by atoms with Gasteiger partial charge in [-0.1, -0.05) is 109 Å². The average Bonchev–Trinajstić information content (AvgIpc) is 3.07. The molecule has 0 aliphatic carbocycles. The zero-order chi connectivity index (χ0) is 31.6. The number of aliphatic carboxylic acids is 1. The first-order valence-electron chi connectivity index (χ1n) is 14.7. The van der Waals surface area contributed by atoms with E-state index >= 15 is 0 Å². The zero-order valence-corrected chi connectivity index (χ0v) is 24.7. The molecule has 45 heavy (non-hydrogen) atoms. The number of hydrogen-bond acceptors (Lipinski definition) is 4. The Kier molecular flexibility index (Phi) is 10.0. The fraction of sp³-hybridized carbons (Fsp3) is 0.132. The van der Waals surface area contributed by atoms with Gasteiger partial charge in [-0.3, -0.25) is 9.59 Å². The van der Waals surface area contributed by atoms with Crippen LogP contribution in [0.2, 0.25) is 0 Å². The van der Waals surface area contributed by atoms with Crippen LogP contribution in [0.25, 0.3) is 22.3 Å². The third-order valence-electron chi connectivity index (χ3n) is 7.60. The van der Waals surface area contributed by atoms with Crippen molar-refractivity contribution in [3.63, 3.8) is 0 Å². The summed E-state index contributed by atoms with van der Waals surface area (Å²) in [5, 5.41) is 9.96. The average molecular weight is 599 g/mol. The molecule has 0 heterocycles. The van der Waals surface area contributed by atoms with Crippen molar-refractivity contribution in [2.24, 2.45) is 5.73 Å². The molecule has 5 aromatic carbocycles. The molecule has 2 amide bonds. The number of carbonyl (C=O) groups is 3. The number of carbonyl (C=O) groups excluding carboxylic acids is 2. The topological polar surface area (TPSA) is 110 Å². The minimum absolute atomic E-state index is 0.0758. The minimum Gasteiger partial charge on any atom is -0.489 e. The summed E-state index contributed by atoms with van der Waals surface area (Å²) >= 11 is 0. The normalized spacial score (nSPS) is 11.4. The maximum absolute atomic E-state index is 13.7. The fourth-order valence-corrected chi connectivity index (χ4v) is 5.22. The van der Waals surface area contributed by atoms with Gasteiger partial charge in [0.25, 0.3) is 5.91 Å². The number of carboxylic acid groups (broad SMARTS) is 1. The van der Waals surface area contributed by atoms with Crippen molar-refractivity contribution in [1.82, 2.24) is 4.90 Å². The van der Waals surface area contributed by atoms with Gasteiger partial charge >= 0.3 is 5.97 Å². The number of hydrogen-bond donors (Lipinski definition) is 2. The van der Waals surface area contributed by atoms with Gasteiger partial charge in [0, 0.05) is 18.5 Å². The van der Waals surface area contributed by atoms with Gasteiger partial charge in [0.15, 0.2) is 0 Å². The molecular formula is C38H34N2O5. The molecule has 0 fully saturated rings. The molecule has 0 saturated heterocycles. The Balaban J connectivity index is 1.29. The van der Waals surface area contributed by atoms with Crippen LogP contribution in [-0.2, 0) is 22.7 Å². The van der Waals surface area contributed by atoms with Crippen LogP contribution < -0.4 is 10.5 Å². The highest BCUT2D eigenvalue weighted by Gasteiger charge is 2.30. The molecule has 7 heteroatoms. The Labute approximate surface area is 262 Å². The van der Waals surface area contributed by atoms with E-state index in [1.54, 1.807) is 12.1 Å². The third-order valence-corrected chi connectivity index (χ3v) is 7.60. The predicted molar refractivity (Wildman–Crippen MR) is 174 cm³/mol. The van der Waals surface area contributed by atoms with Crippen LogP contribution in [0, 0.1) is 0 Å². The van der Waals surface area contributed by atoms with Crippen LogP contribution in [0.15, 0.2) is 133 Å². The van der Waals surface area contributed by atoms with Gasteiger partial charge in [-0.15, -0.1) is 0 Å². The summed E-state index contributed by atoms with van der Waals surface area (Å²) in [6, 6.07) is 41.1. The first-order valence-corrected chi connectivity index (χ1v) is 14.7.